The summed E-state index contributed by atoms with van der Waals surface area (Å²) in [5.74, 6) is -0.0392. The number of hydrogen-bond acceptors (Lipinski definition) is 4. The lowest BCUT2D eigenvalue weighted by Gasteiger charge is -2.38. The Morgan fingerprint density at radius 1 is 1.21 bits per heavy atom. The fourth-order valence-corrected chi connectivity index (χ4v) is 4.42. The number of hydrogen-bond donors (Lipinski definition) is 1. The smallest absolute Gasteiger partial charge is 0.280 e. The van der Waals surface area contributed by atoms with E-state index in [1.165, 1.54) is 50.0 Å². The van der Waals surface area contributed by atoms with Gasteiger partial charge in [-0.1, -0.05) is 36.8 Å². The van der Waals surface area contributed by atoms with E-state index in [1.807, 2.05) is 35.7 Å². The zero-order chi connectivity index (χ0) is 16.4. The number of nitrogens with one attached hydrogen (secondary N) is 1. The molecule has 0 unspecified atom stereocenters. The molecule has 0 radical (unpaired) electrons. The SMILES string of the molecule is O=C(NC[C@@H]1CCCN1C1CCC1)c1nc(-c2ccccc2)cs1. The quantitative estimate of drug-likeness (QED) is 0.904. The van der Waals surface area contributed by atoms with Crippen LogP contribution in [-0.4, -0.2) is 41.0 Å². The van der Waals surface area contributed by atoms with Crippen molar-refractivity contribution in [3.63, 3.8) is 0 Å². The van der Waals surface area contributed by atoms with E-state index in [-0.39, 0.29) is 5.91 Å². The highest BCUT2D eigenvalue weighted by molar-refractivity contribution is 7.12. The van der Waals surface area contributed by atoms with Crippen LogP contribution < -0.4 is 5.32 Å². The van der Waals surface area contributed by atoms with E-state index < -0.39 is 0 Å². The van der Waals surface area contributed by atoms with Gasteiger partial charge < -0.3 is 5.32 Å². The van der Waals surface area contributed by atoms with Crippen LogP contribution in [0.1, 0.15) is 41.9 Å². The lowest BCUT2D eigenvalue weighted by molar-refractivity contribution is 0.0893. The molecule has 4 rings (SSSR count). The van der Waals surface area contributed by atoms with E-state index in [0.29, 0.717) is 11.0 Å². The number of benzene rings is 1. The van der Waals surface area contributed by atoms with Gasteiger partial charge in [-0.15, -0.1) is 11.3 Å². The fourth-order valence-electron chi connectivity index (χ4n) is 3.68. The summed E-state index contributed by atoms with van der Waals surface area (Å²) in [5, 5.41) is 5.62. The molecular weight excluding hydrogens is 318 g/mol. The van der Waals surface area contributed by atoms with E-state index in [2.05, 4.69) is 15.2 Å². The predicted octanol–water partition coefficient (Wildman–Crippen LogP) is 3.56. The Morgan fingerprint density at radius 3 is 2.79 bits per heavy atom. The van der Waals surface area contributed by atoms with Crippen LogP contribution in [0.2, 0.25) is 0 Å². The molecule has 1 aliphatic heterocycles. The van der Waals surface area contributed by atoms with Crippen molar-refractivity contribution in [2.24, 2.45) is 0 Å². The average molecular weight is 341 g/mol. The van der Waals surface area contributed by atoms with E-state index in [1.54, 1.807) is 0 Å². The van der Waals surface area contributed by atoms with Crippen molar-refractivity contribution in [3.05, 3.63) is 40.7 Å². The molecule has 24 heavy (non-hydrogen) atoms. The third-order valence-corrected chi connectivity index (χ3v) is 6.07. The van der Waals surface area contributed by atoms with Crippen LogP contribution in [0.15, 0.2) is 35.7 Å². The van der Waals surface area contributed by atoms with Crippen molar-refractivity contribution >= 4 is 17.2 Å². The summed E-state index contributed by atoms with van der Waals surface area (Å²) in [5.41, 5.74) is 1.93. The molecule has 126 valence electrons. The summed E-state index contributed by atoms with van der Waals surface area (Å²) in [6.45, 7) is 1.94. The summed E-state index contributed by atoms with van der Waals surface area (Å²) in [4.78, 5) is 19.5. The summed E-state index contributed by atoms with van der Waals surface area (Å²) in [6, 6.07) is 11.3. The van der Waals surface area contributed by atoms with E-state index in [9.17, 15) is 4.79 Å². The Morgan fingerprint density at radius 2 is 2.04 bits per heavy atom. The van der Waals surface area contributed by atoms with Gasteiger partial charge in [0.2, 0.25) is 0 Å². The zero-order valence-corrected chi connectivity index (χ0v) is 14.6. The molecule has 1 saturated heterocycles. The molecule has 1 aromatic carbocycles. The first-order valence-corrected chi connectivity index (χ1v) is 9.74. The largest absolute Gasteiger partial charge is 0.348 e. The first kappa shape index (κ1) is 15.8. The number of carbonyl (C=O) groups is 1. The number of thiazole rings is 1. The molecule has 2 aliphatic rings. The Balaban J connectivity index is 1.35. The minimum Gasteiger partial charge on any atom is -0.348 e. The Bertz CT molecular complexity index is 696. The number of aromatic nitrogens is 1. The van der Waals surface area contributed by atoms with Gasteiger partial charge in [0.15, 0.2) is 5.01 Å². The minimum absolute atomic E-state index is 0.0392. The summed E-state index contributed by atoms with van der Waals surface area (Å²) < 4.78 is 0. The van der Waals surface area contributed by atoms with E-state index >= 15 is 0 Å². The van der Waals surface area contributed by atoms with Gasteiger partial charge in [-0.05, 0) is 32.2 Å². The molecular formula is C19H23N3OS. The van der Waals surface area contributed by atoms with Crippen LogP contribution in [0, 0.1) is 0 Å². The number of carbonyl (C=O) groups excluding carboxylic acids is 1. The molecule has 0 spiro atoms. The number of likely N-dealkylation sites (tertiary alicyclic amines) is 1. The Kier molecular flexibility index (Phi) is 4.63. The van der Waals surface area contributed by atoms with Crippen LogP contribution in [0.4, 0.5) is 0 Å². The second kappa shape index (κ2) is 7.03. The fraction of sp³-hybridized carbons (Fsp3) is 0.474. The molecule has 2 heterocycles. The first-order valence-electron chi connectivity index (χ1n) is 8.86. The molecule has 1 atom stereocenters. The maximum Gasteiger partial charge on any atom is 0.280 e. The predicted molar refractivity (Wildman–Crippen MR) is 97.3 cm³/mol. The summed E-state index contributed by atoms with van der Waals surface area (Å²) in [7, 11) is 0. The topological polar surface area (TPSA) is 45.2 Å². The summed E-state index contributed by atoms with van der Waals surface area (Å²) >= 11 is 1.42. The van der Waals surface area contributed by atoms with E-state index in [4.69, 9.17) is 0 Å². The number of nitrogens with zero attached hydrogens (tertiary/aromatic N) is 2. The number of amides is 1. The van der Waals surface area contributed by atoms with Crippen molar-refractivity contribution in [2.75, 3.05) is 13.1 Å². The third-order valence-electron chi connectivity index (χ3n) is 5.23. The van der Waals surface area contributed by atoms with Crippen molar-refractivity contribution in [1.82, 2.24) is 15.2 Å². The van der Waals surface area contributed by atoms with Gasteiger partial charge in [-0.3, -0.25) is 9.69 Å². The van der Waals surface area contributed by atoms with Gasteiger partial charge in [0.1, 0.15) is 0 Å². The third kappa shape index (κ3) is 3.23. The zero-order valence-electron chi connectivity index (χ0n) is 13.8. The maximum atomic E-state index is 12.4. The van der Waals surface area contributed by atoms with Crippen molar-refractivity contribution in [1.29, 1.82) is 0 Å². The lowest BCUT2D eigenvalue weighted by Crippen LogP contribution is -2.47. The van der Waals surface area contributed by atoms with Gasteiger partial charge in [-0.2, -0.15) is 0 Å². The number of rotatable bonds is 5. The standard InChI is InChI=1S/C19H23N3OS/c23-18(19-21-17(13-24-19)14-6-2-1-3-7-14)20-12-16-10-5-11-22(16)15-8-4-9-15/h1-3,6-7,13,15-16H,4-5,8-12H2,(H,20,23)/t16-/m0/s1. The van der Waals surface area contributed by atoms with Gasteiger partial charge in [0, 0.05) is 29.6 Å². The minimum atomic E-state index is -0.0392. The molecule has 1 amide bonds. The highest BCUT2D eigenvalue weighted by Gasteiger charge is 2.33. The van der Waals surface area contributed by atoms with Gasteiger partial charge >= 0.3 is 0 Å². The van der Waals surface area contributed by atoms with Crippen LogP contribution in [0.5, 0.6) is 0 Å². The molecule has 1 saturated carbocycles. The molecule has 1 aliphatic carbocycles. The van der Waals surface area contributed by atoms with Crippen molar-refractivity contribution < 1.29 is 4.79 Å². The molecule has 0 bridgehead atoms. The second-order valence-corrected chi connectivity index (χ2v) is 7.59. The second-order valence-electron chi connectivity index (χ2n) is 6.73. The highest BCUT2D eigenvalue weighted by atomic mass is 32.1. The first-order chi connectivity index (χ1) is 11.8. The van der Waals surface area contributed by atoms with Crippen molar-refractivity contribution in [2.45, 2.75) is 44.2 Å². The summed E-state index contributed by atoms with van der Waals surface area (Å²) in [6.07, 6.45) is 6.48. The highest BCUT2D eigenvalue weighted by Crippen LogP contribution is 2.31. The Labute approximate surface area is 146 Å². The molecule has 1 N–H and O–H groups in total. The Hall–Kier alpha value is -1.72. The van der Waals surface area contributed by atoms with Crippen LogP contribution >= 0.6 is 11.3 Å². The lowest BCUT2D eigenvalue weighted by atomic mass is 9.91. The van der Waals surface area contributed by atoms with Gasteiger partial charge in [-0.25, -0.2) is 4.98 Å². The van der Waals surface area contributed by atoms with Crippen LogP contribution in [-0.2, 0) is 0 Å². The normalized spacial score (nSPS) is 21.6. The van der Waals surface area contributed by atoms with Crippen LogP contribution in [0.3, 0.4) is 0 Å². The van der Waals surface area contributed by atoms with Crippen LogP contribution in [0.25, 0.3) is 11.3 Å². The molecule has 2 fully saturated rings. The molecule has 5 heteroatoms. The molecule has 1 aromatic heterocycles. The monoisotopic (exact) mass is 341 g/mol. The maximum absolute atomic E-state index is 12.4. The van der Waals surface area contributed by atoms with Gasteiger partial charge in [0.05, 0.1) is 5.69 Å². The van der Waals surface area contributed by atoms with Gasteiger partial charge in [0.25, 0.3) is 5.91 Å². The molecule has 2 aromatic rings. The molecule has 4 nitrogen and oxygen atoms in total. The van der Waals surface area contributed by atoms with E-state index in [0.717, 1.165) is 23.8 Å². The van der Waals surface area contributed by atoms with Crippen molar-refractivity contribution in [3.8, 4) is 11.3 Å². The average Bonchev–Trinajstić information content (AvgIpc) is 3.22.